The predicted octanol–water partition coefficient (Wildman–Crippen LogP) is 2.27. The van der Waals surface area contributed by atoms with E-state index in [1.807, 2.05) is 0 Å². The van der Waals surface area contributed by atoms with Crippen molar-refractivity contribution in [2.75, 3.05) is 6.54 Å². The molecule has 16 heavy (non-hydrogen) atoms. The summed E-state index contributed by atoms with van der Waals surface area (Å²) in [5.74, 6) is 2.90. The second kappa shape index (κ2) is 6.04. The fraction of sp³-hybridized carbons (Fsp3) is 0.769. The van der Waals surface area contributed by atoms with Crippen molar-refractivity contribution in [1.82, 2.24) is 0 Å². The van der Waals surface area contributed by atoms with Crippen LogP contribution in [0.5, 0.6) is 0 Å². The van der Waals surface area contributed by atoms with Crippen molar-refractivity contribution in [3.63, 3.8) is 0 Å². The summed E-state index contributed by atoms with van der Waals surface area (Å²) >= 11 is 0. The summed E-state index contributed by atoms with van der Waals surface area (Å²) in [4.78, 5) is 9.00. The maximum absolute atomic E-state index is 9.00. The Morgan fingerprint density at radius 3 is 2.56 bits per heavy atom. The summed E-state index contributed by atoms with van der Waals surface area (Å²) in [7, 11) is 0. The van der Waals surface area contributed by atoms with Crippen LogP contribution in [0.1, 0.15) is 33.1 Å². The Balaban J connectivity index is 0.000000280. The van der Waals surface area contributed by atoms with Gasteiger partial charge in [-0.3, -0.25) is 4.79 Å². The molecule has 0 bridgehead atoms. The van der Waals surface area contributed by atoms with Gasteiger partial charge in [0, 0.05) is 6.92 Å². The number of allylic oxidation sites excluding steroid dienone is 2. The highest BCUT2D eigenvalue weighted by molar-refractivity contribution is 5.62. The van der Waals surface area contributed by atoms with Gasteiger partial charge in [0.1, 0.15) is 0 Å². The van der Waals surface area contributed by atoms with Crippen molar-refractivity contribution in [2.45, 2.75) is 33.1 Å². The van der Waals surface area contributed by atoms with Crippen LogP contribution < -0.4 is 5.73 Å². The van der Waals surface area contributed by atoms with Crippen LogP contribution in [0, 0.1) is 23.7 Å². The molecule has 3 nitrogen and oxygen atoms in total. The van der Waals surface area contributed by atoms with Crippen molar-refractivity contribution in [1.29, 1.82) is 0 Å². The number of hydrogen-bond donors (Lipinski definition) is 2. The maximum Gasteiger partial charge on any atom is 0.300 e. The van der Waals surface area contributed by atoms with Crippen molar-refractivity contribution < 1.29 is 9.90 Å². The van der Waals surface area contributed by atoms with Crippen LogP contribution in [0.4, 0.5) is 0 Å². The van der Waals surface area contributed by atoms with Crippen LogP contribution in [0.25, 0.3) is 0 Å². The average Bonchev–Trinajstić information content (AvgIpc) is 2.44. The first-order valence-corrected chi connectivity index (χ1v) is 6.12. The molecule has 0 aliphatic heterocycles. The number of fused-ring (bicyclic) bond motifs is 1. The number of hydrogen-bond acceptors (Lipinski definition) is 2. The van der Waals surface area contributed by atoms with Gasteiger partial charge in [0.15, 0.2) is 0 Å². The van der Waals surface area contributed by atoms with Gasteiger partial charge in [-0.25, -0.2) is 0 Å². The van der Waals surface area contributed by atoms with E-state index in [2.05, 4.69) is 19.1 Å². The van der Waals surface area contributed by atoms with Gasteiger partial charge in [0.2, 0.25) is 0 Å². The minimum absolute atomic E-state index is 0.833. The molecule has 92 valence electrons. The van der Waals surface area contributed by atoms with E-state index < -0.39 is 5.97 Å². The molecule has 0 radical (unpaired) electrons. The zero-order valence-electron chi connectivity index (χ0n) is 10.2. The van der Waals surface area contributed by atoms with E-state index in [1.54, 1.807) is 0 Å². The van der Waals surface area contributed by atoms with Crippen LogP contribution >= 0.6 is 0 Å². The molecular weight excluding hydrogens is 202 g/mol. The maximum atomic E-state index is 9.00. The molecular formula is C13H23NO2. The van der Waals surface area contributed by atoms with E-state index in [0.717, 1.165) is 37.1 Å². The van der Waals surface area contributed by atoms with E-state index in [1.165, 1.54) is 19.3 Å². The summed E-state index contributed by atoms with van der Waals surface area (Å²) in [5, 5.41) is 7.42. The largest absolute Gasteiger partial charge is 0.481 e. The van der Waals surface area contributed by atoms with Gasteiger partial charge in [-0.15, -0.1) is 0 Å². The Hall–Kier alpha value is -0.830. The van der Waals surface area contributed by atoms with E-state index in [0.29, 0.717) is 0 Å². The Kier molecular flexibility index (Phi) is 5.00. The monoisotopic (exact) mass is 225 g/mol. The second-order valence-electron chi connectivity index (χ2n) is 4.85. The predicted molar refractivity (Wildman–Crippen MR) is 65.0 cm³/mol. The van der Waals surface area contributed by atoms with Gasteiger partial charge < -0.3 is 10.8 Å². The summed E-state index contributed by atoms with van der Waals surface area (Å²) in [6.07, 6.45) is 8.86. The third-order valence-corrected chi connectivity index (χ3v) is 3.86. The lowest BCUT2D eigenvalue weighted by molar-refractivity contribution is -0.134. The molecule has 0 aromatic rings. The minimum Gasteiger partial charge on any atom is -0.481 e. The van der Waals surface area contributed by atoms with Crippen molar-refractivity contribution in [3.8, 4) is 0 Å². The van der Waals surface area contributed by atoms with Crippen LogP contribution in [0.2, 0.25) is 0 Å². The van der Waals surface area contributed by atoms with E-state index in [9.17, 15) is 0 Å². The lowest BCUT2D eigenvalue weighted by Gasteiger charge is -2.41. The quantitative estimate of drug-likeness (QED) is 0.709. The summed E-state index contributed by atoms with van der Waals surface area (Å²) < 4.78 is 0. The Morgan fingerprint density at radius 1 is 1.44 bits per heavy atom. The normalized spacial score (nSPS) is 36.2. The van der Waals surface area contributed by atoms with Crippen molar-refractivity contribution in [2.24, 2.45) is 29.4 Å². The van der Waals surface area contributed by atoms with Gasteiger partial charge in [-0.1, -0.05) is 12.2 Å². The molecule has 2 aliphatic carbocycles. The number of carboxylic acids is 1. The molecule has 0 amide bonds. The molecule has 0 spiro atoms. The van der Waals surface area contributed by atoms with Gasteiger partial charge in [0.25, 0.3) is 5.97 Å². The lowest BCUT2D eigenvalue weighted by atomic mass is 9.64. The molecule has 2 aliphatic rings. The summed E-state index contributed by atoms with van der Waals surface area (Å²) in [5.41, 5.74) is 5.69. The number of carboxylic acid groups (broad SMARTS) is 1. The Morgan fingerprint density at radius 2 is 2.06 bits per heavy atom. The van der Waals surface area contributed by atoms with E-state index in [4.69, 9.17) is 15.6 Å². The highest BCUT2D eigenvalue weighted by atomic mass is 16.4. The highest BCUT2D eigenvalue weighted by Gasteiger charge is 2.47. The standard InChI is InChI=1S/C11H19N.C2H4O2/c1-2-3-8-4-5-10-9(7-12)6-11(8)10;1-2(3)4/h2-3,8-11H,4-7,12H2,1H3;1H3,(H,3,4)/b3-2-;/t8-,9+,10-,11?;/m1./s1. The van der Waals surface area contributed by atoms with Gasteiger partial charge in [-0.2, -0.15) is 0 Å². The van der Waals surface area contributed by atoms with Crippen molar-refractivity contribution in [3.05, 3.63) is 12.2 Å². The number of carbonyl (C=O) groups is 1. The number of rotatable bonds is 2. The number of aliphatic carboxylic acids is 1. The van der Waals surface area contributed by atoms with Crippen LogP contribution in [0.3, 0.4) is 0 Å². The zero-order valence-corrected chi connectivity index (χ0v) is 10.2. The van der Waals surface area contributed by atoms with Crippen LogP contribution in [0.15, 0.2) is 12.2 Å². The van der Waals surface area contributed by atoms with Crippen LogP contribution in [-0.4, -0.2) is 17.6 Å². The van der Waals surface area contributed by atoms with Crippen LogP contribution in [-0.2, 0) is 4.79 Å². The Labute approximate surface area is 97.7 Å². The third-order valence-electron chi connectivity index (χ3n) is 3.86. The Bertz CT molecular complexity index is 259. The summed E-state index contributed by atoms with van der Waals surface area (Å²) in [6, 6.07) is 0. The SMILES string of the molecule is C/C=C\[C@@H]1CC[C@H]2C1C[C@H]2CN.CC(=O)O. The first-order chi connectivity index (χ1) is 7.60. The third kappa shape index (κ3) is 3.08. The molecule has 0 heterocycles. The second-order valence-corrected chi connectivity index (χ2v) is 4.85. The van der Waals surface area contributed by atoms with E-state index >= 15 is 0 Å². The minimum atomic E-state index is -0.833. The fourth-order valence-corrected chi connectivity index (χ4v) is 3.15. The fourth-order valence-electron chi connectivity index (χ4n) is 3.15. The topological polar surface area (TPSA) is 63.3 Å². The van der Waals surface area contributed by atoms with Gasteiger partial charge in [-0.05, 0) is 56.4 Å². The molecule has 3 heteroatoms. The molecule has 2 saturated carbocycles. The molecule has 0 aromatic heterocycles. The first kappa shape index (κ1) is 13.2. The molecule has 2 rings (SSSR count). The van der Waals surface area contributed by atoms with Gasteiger partial charge in [0.05, 0.1) is 0 Å². The van der Waals surface area contributed by atoms with E-state index in [-0.39, 0.29) is 0 Å². The molecule has 3 N–H and O–H groups in total. The average molecular weight is 225 g/mol. The molecule has 2 fully saturated rings. The summed E-state index contributed by atoms with van der Waals surface area (Å²) in [6.45, 7) is 4.14. The highest BCUT2D eigenvalue weighted by Crippen LogP contribution is 2.54. The van der Waals surface area contributed by atoms with Crippen molar-refractivity contribution >= 4 is 5.97 Å². The smallest absolute Gasteiger partial charge is 0.300 e. The first-order valence-electron chi connectivity index (χ1n) is 6.12. The van der Waals surface area contributed by atoms with Gasteiger partial charge >= 0.3 is 0 Å². The molecule has 1 unspecified atom stereocenters. The lowest BCUT2D eigenvalue weighted by Crippen LogP contribution is -2.39. The molecule has 0 saturated heterocycles. The molecule has 4 atom stereocenters. The zero-order chi connectivity index (χ0) is 12.1. The number of nitrogens with two attached hydrogens (primary N) is 1. The molecule has 0 aromatic carbocycles.